The maximum absolute atomic E-state index is 14.5. The number of carbonyl (C=O) groups excluding carboxylic acids is 1. The van der Waals surface area contributed by atoms with Crippen molar-refractivity contribution in [3.63, 3.8) is 0 Å². The summed E-state index contributed by atoms with van der Waals surface area (Å²) in [6.45, 7) is 4.86. The summed E-state index contributed by atoms with van der Waals surface area (Å²) < 4.78 is 49.4. The molecule has 184 valence electrons. The van der Waals surface area contributed by atoms with Crippen LogP contribution in [0.3, 0.4) is 0 Å². The minimum atomic E-state index is -1.20. The van der Waals surface area contributed by atoms with Crippen LogP contribution in [0.4, 0.5) is 13.2 Å². The van der Waals surface area contributed by atoms with Gasteiger partial charge in [-0.3, -0.25) is 9.78 Å². The molecule has 3 aromatic rings. The number of aryl methyl sites for hydroxylation is 1. The van der Waals surface area contributed by atoms with Gasteiger partial charge in [0.2, 0.25) is 0 Å². The molecule has 3 heterocycles. The van der Waals surface area contributed by atoms with Crippen LogP contribution in [-0.2, 0) is 11.2 Å². The molecule has 0 unspecified atom stereocenters. The van der Waals surface area contributed by atoms with Gasteiger partial charge in [-0.2, -0.15) is 0 Å². The van der Waals surface area contributed by atoms with E-state index < -0.39 is 58.3 Å². The molecule has 0 aliphatic carbocycles. The van der Waals surface area contributed by atoms with E-state index in [0.717, 1.165) is 18.2 Å². The van der Waals surface area contributed by atoms with Gasteiger partial charge in [-0.05, 0) is 74.2 Å². The smallest absolute Gasteiger partial charge is 0.185 e. The van der Waals surface area contributed by atoms with Crippen LogP contribution in [0.5, 0.6) is 0 Å². The second-order valence-corrected chi connectivity index (χ2v) is 9.14. The van der Waals surface area contributed by atoms with Crippen LogP contribution in [0.1, 0.15) is 53.6 Å². The third kappa shape index (κ3) is 4.84. The minimum absolute atomic E-state index is 0.145. The van der Waals surface area contributed by atoms with Gasteiger partial charge in [0.05, 0.1) is 17.8 Å². The SMILES string of the molecule is Cc1cc(F)c(-c2nc(C(=O)Cc3cnccc3[C@H]3C[C@@H](N)[C@](C)(O)[C@@H](C)O3)ccc2F)c(F)c1. The van der Waals surface area contributed by atoms with E-state index in [2.05, 4.69) is 9.97 Å². The molecule has 2 aromatic heterocycles. The molecular weight excluding hydrogens is 459 g/mol. The van der Waals surface area contributed by atoms with Crippen LogP contribution in [0.15, 0.2) is 42.7 Å². The summed E-state index contributed by atoms with van der Waals surface area (Å²) in [6.07, 6.45) is 2.23. The molecule has 4 atom stereocenters. The second-order valence-electron chi connectivity index (χ2n) is 9.14. The number of halogens is 3. The average molecular weight is 486 g/mol. The van der Waals surface area contributed by atoms with Crippen molar-refractivity contribution in [2.75, 3.05) is 0 Å². The van der Waals surface area contributed by atoms with E-state index in [0.29, 0.717) is 23.1 Å². The summed E-state index contributed by atoms with van der Waals surface area (Å²) in [5.41, 5.74) is 5.19. The predicted molar refractivity (Wildman–Crippen MR) is 123 cm³/mol. The van der Waals surface area contributed by atoms with Gasteiger partial charge in [0, 0.05) is 24.9 Å². The Kier molecular flexibility index (Phi) is 6.77. The largest absolute Gasteiger partial charge is 0.386 e. The van der Waals surface area contributed by atoms with Gasteiger partial charge in [0.25, 0.3) is 0 Å². The van der Waals surface area contributed by atoms with Crippen molar-refractivity contribution in [1.82, 2.24) is 9.97 Å². The van der Waals surface area contributed by atoms with Gasteiger partial charge in [0.1, 0.15) is 34.4 Å². The maximum atomic E-state index is 14.5. The average Bonchev–Trinajstić information content (AvgIpc) is 2.78. The number of nitrogens with zero attached hydrogens (tertiary/aromatic N) is 2. The summed E-state index contributed by atoms with van der Waals surface area (Å²) in [5, 5.41) is 10.5. The molecule has 6 nitrogen and oxygen atoms in total. The van der Waals surface area contributed by atoms with E-state index in [4.69, 9.17) is 10.5 Å². The first kappa shape index (κ1) is 25.0. The van der Waals surface area contributed by atoms with Crippen LogP contribution < -0.4 is 5.73 Å². The topological polar surface area (TPSA) is 98.3 Å². The molecule has 1 aromatic carbocycles. The molecule has 1 aliphatic heterocycles. The highest BCUT2D eigenvalue weighted by atomic mass is 19.1. The van der Waals surface area contributed by atoms with Crippen molar-refractivity contribution in [2.45, 2.75) is 57.5 Å². The molecule has 1 fully saturated rings. The van der Waals surface area contributed by atoms with Crippen molar-refractivity contribution in [3.8, 4) is 11.3 Å². The van der Waals surface area contributed by atoms with Gasteiger partial charge < -0.3 is 15.6 Å². The monoisotopic (exact) mass is 485 g/mol. The molecule has 35 heavy (non-hydrogen) atoms. The zero-order valence-corrected chi connectivity index (χ0v) is 19.6. The van der Waals surface area contributed by atoms with Crippen molar-refractivity contribution in [3.05, 3.63) is 82.6 Å². The molecule has 1 saturated heterocycles. The van der Waals surface area contributed by atoms with E-state index in [1.165, 1.54) is 19.2 Å². The van der Waals surface area contributed by atoms with E-state index in [9.17, 15) is 23.1 Å². The molecule has 0 bridgehead atoms. The maximum Gasteiger partial charge on any atom is 0.185 e. The number of hydrogen-bond donors (Lipinski definition) is 2. The molecule has 1 aliphatic rings. The Morgan fingerprint density at radius 2 is 1.89 bits per heavy atom. The lowest BCUT2D eigenvalue weighted by Crippen LogP contribution is -2.58. The van der Waals surface area contributed by atoms with Crippen LogP contribution >= 0.6 is 0 Å². The number of pyridine rings is 2. The molecule has 4 rings (SSSR count). The van der Waals surface area contributed by atoms with Crippen LogP contribution in [0, 0.1) is 24.4 Å². The Morgan fingerprint density at radius 3 is 2.54 bits per heavy atom. The normalized spacial score (nSPS) is 24.4. The standard InChI is InChI=1S/C26H26F3N3O3/c1-13-8-18(28)24(19(29)9-13)25-17(27)4-5-20(32-25)21(33)10-15-12-31-7-6-16(15)22-11-23(30)26(3,34)14(2)35-22/h4-9,12,14,22-23,34H,10-11,30H2,1-3H3/t14-,22-,23-,26-/m1/s1. The van der Waals surface area contributed by atoms with Crippen molar-refractivity contribution in [1.29, 1.82) is 0 Å². The van der Waals surface area contributed by atoms with Gasteiger partial charge in [-0.1, -0.05) is 0 Å². The number of ether oxygens (including phenoxy) is 1. The summed E-state index contributed by atoms with van der Waals surface area (Å²) >= 11 is 0. The second kappa shape index (κ2) is 9.49. The van der Waals surface area contributed by atoms with Crippen LogP contribution in [-0.4, -0.2) is 38.6 Å². The Morgan fingerprint density at radius 1 is 1.20 bits per heavy atom. The minimum Gasteiger partial charge on any atom is -0.386 e. The molecule has 0 radical (unpaired) electrons. The number of Topliss-reactive ketones (excluding diaryl/α,β-unsaturated/α-hetero) is 1. The third-order valence-electron chi connectivity index (χ3n) is 6.60. The van der Waals surface area contributed by atoms with Gasteiger partial charge in [-0.25, -0.2) is 18.2 Å². The molecule has 0 spiro atoms. The van der Waals surface area contributed by atoms with Crippen molar-refractivity contribution < 1.29 is 27.8 Å². The number of rotatable bonds is 5. The lowest BCUT2D eigenvalue weighted by atomic mass is 9.82. The van der Waals surface area contributed by atoms with E-state index in [1.54, 1.807) is 26.1 Å². The Hall–Kier alpha value is -3.14. The van der Waals surface area contributed by atoms with Gasteiger partial charge in [-0.15, -0.1) is 0 Å². The number of aromatic nitrogens is 2. The fraction of sp³-hybridized carbons (Fsp3) is 0.346. The fourth-order valence-electron chi connectivity index (χ4n) is 4.27. The summed E-state index contributed by atoms with van der Waals surface area (Å²) in [7, 11) is 0. The Balaban J connectivity index is 1.64. The number of ketones is 1. The van der Waals surface area contributed by atoms with E-state index >= 15 is 0 Å². The zero-order valence-electron chi connectivity index (χ0n) is 19.6. The molecule has 0 saturated carbocycles. The first-order chi connectivity index (χ1) is 16.5. The number of hydrogen-bond acceptors (Lipinski definition) is 6. The zero-order chi connectivity index (χ0) is 25.5. The summed E-state index contributed by atoms with van der Waals surface area (Å²) in [4.78, 5) is 21.2. The molecule has 9 heteroatoms. The first-order valence-corrected chi connectivity index (χ1v) is 11.2. The first-order valence-electron chi connectivity index (χ1n) is 11.2. The fourth-order valence-corrected chi connectivity index (χ4v) is 4.27. The third-order valence-corrected chi connectivity index (χ3v) is 6.60. The Labute approximate surface area is 201 Å². The highest BCUT2D eigenvalue weighted by molar-refractivity contribution is 5.96. The number of carbonyl (C=O) groups is 1. The van der Waals surface area contributed by atoms with Crippen LogP contribution in [0.2, 0.25) is 0 Å². The van der Waals surface area contributed by atoms with E-state index in [1.807, 2.05) is 0 Å². The predicted octanol–water partition coefficient (Wildman–Crippen LogP) is 4.22. The molecular formula is C26H26F3N3O3. The Bertz CT molecular complexity index is 1240. The van der Waals surface area contributed by atoms with E-state index in [-0.39, 0.29) is 12.1 Å². The van der Waals surface area contributed by atoms with Crippen LogP contribution in [0.25, 0.3) is 11.3 Å². The quantitative estimate of drug-likeness (QED) is 0.525. The summed E-state index contributed by atoms with van der Waals surface area (Å²) in [6, 6.07) is 5.45. The highest BCUT2D eigenvalue weighted by Gasteiger charge is 2.43. The lowest BCUT2D eigenvalue weighted by Gasteiger charge is -2.44. The van der Waals surface area contributed by atoms with Gasteiger partial charge in [0.15, 0.2) is 5.78 Å². The van der Waals surface area contributed by atoms with Crippen molar-refractivity contribution >= 4 is 5.78 Å². The number of aliphatic hydroxyl groups is 1. The van der Waals surface area contributed by atoms with Gasteiger partial charge >= 0.3 is 0 Å². The molecule has 0 amide bonds. The number of nitrogens with two attached hydrogens (primary N) is 1. The lowest BCUT2D eigenvalue weighted by molar-refractivity contribution is -0.171. The van der Waals surface area contributed by atoms with Crippen molar-refractivity contribution in [2.24, 2.45) is 5.73 Å². The highest BCUT2D eigenvalue weighted by Crippen LogP contribution is 2.37. The molecule has 3 N–H and O–H groups in total. The number of benzene rings is 1. The summed E-state index contributed by atoms with van der Waals surface area (Å²) in [5.74, 6) is -3.38.